The van der Waals surface area contributed by atoms with E-state index in [2.05, 4.69) is 5.32 Å². The Labute approximate surface area is 174 Å². The average Bonchev–Trinajstić information content (AvgIpc) is 2.72. The topological polar surface area (TPSA) is 95.9 Å². The van der Waals surface area contributed by atoms with E-state index in [4.69, 9.17) is 4.74 Å². The van der Waals surface area contributed by atoms with Crippen molar-refractivity contribution in [2.75, 3.05) is 7.11 Å². The number of dihydropyridines is 1. The number of nitrogens with one attached hydrogen (secondary N) is 1. The Morgan fingerprint density at radius 3 is 2.47 bits per heavy atom. The highest BCUT2D eigenvalue weighted by Gasteiger charge is 2.40. The summed E-state index contributed by atoms with van der Waals surface area (Å²) in [4.78, 5) is 25.3. The minimum Gasteiger partial charge on any atom is -0.508 e. The molecule has 2 aromatic carbocycles. The number of Topliss-reactive ketones (excluding diaryl/α,β-unsaturated/α-hetero) is 1. The van der Waals surface area contributed by atoms with E-state index in [-0.39, 0.29) is 23.0 Å². The van der Waals surface area contributed by atoms with Crippen LogP contribution in [0.25, 0.3) is 0 Å². The molecule has 2 unspecified atom stereocenters. The number of phenols is 1. The number of aliphatic carboxylic acids is 1. The van der Waals surface area contributed by atoms with Crippen LogP contribution in [0.1, 0.15) is 42.7 Å². The molecule has 2 aromatic rings. The van der Waals surface area contributed by atoms with Gasteiger partial charge in [-0.05, 0) is 54.7 Å². The van der Waals surface area contributed by atoms with Gasteiger partial charge < -0.3 is 20.3 Å². The second-order valence-corrected chi connectivity index (χ2v) is 7.69. The minimum absolute atomic E-state index is 0.00124. The number of benzene rings is 2. The number of methoxy groups -OCH3 is 1. The molecule has 2 atom stereocenters. The highest BCUT2D eigenvalue weighted by molar-refractivity contribution is 6.03. The number of ketones is 1. The molecule has 0 radical (unpaired) electrons. The van der Waals surface area contributed by atoms with Gasteiger partial charge in [0.25, 0.3) is 0 Å². The molecular weight excluding hydrogens is 382 g/mol. The Balaban J connectivity index is 1.77. The van der Waals surface area contributed by atoms with Crippen LogP contribution in [0.5, 0.6) is 11.5 Å². The van der Waals surface area contributed by atoms with Gasteiger partial charge >= 0.3 is 5.97 Å². The summed E-state index contributed by atoms with van der Waals surface area (Å²) in [5.74, 6) is -1.08. The number of phenolic OH excluding ortho intramolecular Hbond substituents is 1. The van der Waals surface area contributed by atoms with Crippen molar-refractivity contribution in [1.29, 1.82) is 0 Å². The van der Waals surface area contributed by atoms with E-state index in [9.17, 15) is 19.8 Å². The third-order valence-electron chi connectivity index (χ3n) is 5.85. The number of carbonyl (C=O) groups excluding carboxylic acids is 1. The monoisotopic (exact) mass is 405 g/mol. The van der Waals surface area contributed by atoms with Crippen molar-refractivity contribution in [2.24, 2.45) is 0 Å². The summed E-state index contributed by atoms with van der Waals surface area (Å²) in [6, 6.07) is 14.1. The smallest absolute Gasteiger partial charge is 0.334 e. The van der Waals surface area contributed by atoms with Gasteiger partial charge in [0.15, 0.2) is 5.78 Å². The molecule has 0 aromatic heterocycles. The van der Waals surface area contributed by atoms with E-state index in [0.29, 0.717) is 29.7 Å². The maximum Gasteiger partial charge on any atom is 0.334 e. The number of aromatic hydroxyl groups is 1. The van der Waals surface area contributed by atoms with E-state index in [1.54, 1.807) is 26.2 Å². The summed E-state index contributed by atoms with van der Waals surface area (Å²) in [5, 5.41) is 23.0. The number of carbonyl (C=O) groups is 2. The molecule has 3 N–H and O–H groups in total. The maximum absolute atomic E-state index is 13.3. The molecule has 0 amide bonds. The van der Waals surface area contributed by atoms with E-state index in [1.807, 2.05) is 24.3 Å². The van der Waals surface area contributed by atoms with Gasteiger partial charge in [-0.25, -0.2) is 4.79 Å². The predicted molar refractivity (Wildman–Crippen MR) is 111 cm³/mol. The molecule has 2 aliphatic rings. The van der Waals surface area contributed by atoms with Crippen molar-refractivity contribution in [3.63, 3.8) is 0 Å². The average molecular weight is 405 g/mol. The van der Waals surface area contributed by atoms with Crippen LogP contribution >= 0.6 is 0 Å². The van der Waals surface area contributed by atoms with Crippen LogP contribution in [0, 0.1) is 0 Å². The summed E-state index contributed by atoms with van der Waals surface area (Å²) in [7, 11) is 1.61. The lowest BCUT2D eigenvalue weighted by Crippen LogP contribution is -2.35. The summed E-state index contributed by atoms with van der Waals surface area (Å²) >= 11 is 0. The third kappa shape index (κ3) is 3.45. The number of hydrogen-bond acceptors (Lipinski definition) is 5. The van der Waals surface area contributed by atoms with Gasteiger partial charge in [-0.1, -0.05) is 24.3 Å². The molecule has 6 nitrogen and oxygen atoms in total. The molecular formula is C24H23NO5. The molecule has 0 spiro atoms. The van der Waals surface area contributed by atoms with Crippen LogP contribution in [-0.2, 0) is 9.59 Å². The first kappa shape index (κ1) is 19.8. The van der Waals surface area contributed by atoms with E-state index in [0.717, 1.165) is 17.0 Å². The Hall–Kier alpha value is -3.54. The van der Waals surface area contributed by atoms with Crippen molar-refractivity contribution in [1.82, 2.24) is 5.32 Å². The van der Waals surface area contributed by atoms with Crippen molar-refractivity contribution < 1.29 is 24.5 Å². The normalized spacial score (nSPS) is 21.2. The molecule has 0 saturated heterocycles. The quantitative estimate of drug-likeness (QED) is 0.715. The van der Waals surface area contributed by atoms with Gasteiger partial charge in [0.2, 0.25) is 0 Å². The van der Waals surface area contributed by atoms with Crippen LogP contribution in [0.2, 0.25) is 0 Å². The molecule has 0 bridgehead atoms. The highest BCUT2D eigenvalue weighted by atomic mass is 16.5. The van der Waals surface area contributed by atoms with Gasteiger partial charge in [-0.3, -0.25) is 4.79 Å². The van der Waals surface area contributed by atoms with Crippen molar-refractivity contribution >= 4 is 11.8 Å². The largest absolute Gasteiger partial charge is 0.508 e. The van der Waals surface area contributed by atoms with Crippen LogP contribution in [0.3, 0.4) is 0 Å². The molecule has 1 aliphatic heterocycles. The van der Waals surface area contributed by atoms with Gasteiger partial charge in [-0.15, -0.1) is 0 Å². The SMILES string of the molecule is COc1ccc(C2CC(=O)C3=C(C2)NC(C)=C(C(=O)O)C3c2cccc(O)c2)cc1. The Bertz CT molecular complexity index is 1080. The maximum atomic E-state index is 13.3. The first-order chi connectivity index (χ1) is 14.4. The summed E-state index contributed by atoms with van der Waals surface area (Å²) < 4.78 is 5.21. The molecule has 1 heterocycles. The summed E-state index contributed by atoms with van der Waals surface area (Å²) in [6.07, 6.45) is 0.904. The number of carboxylic acid groups (broad SMARTS) is 1. The van der Waals surface area contributed by atoms with Crippen molar-refractivity contribution in [3.8, 4) is 11.5 Å². The molecule has 4 rings (SSSR count). The summed E-state index contributed by atoms with van der Waals surface area (Å²) in [6.45, 7) is 1.71. The number of rotatable bonds is 4. The third-order valence-corrected chi connectivity index (χ3v) is 5.85. The summed E-state index contributed by atoms with van der Waals surface area (Å²) in [5.41, 5.74) is 3.51. The van der Waals surface area contributed by atoms with Crippen LogP contribution in [0.4, 0.5) is 0 Å². The zero-order valence-electron chi connectivity index (χ0n) is 16.8. The standard InChI is InChI=1S/C24H23NO5/c1-13-21(24(28)29)22(15-4-3-5-17(26)10-15)23-19(25-13)11-16(12-20(23)27)14-6-8-18(30-2)9-7-14/h3-10,16,22,25-26H,11-12H2,1-2H3,(H,28,29). The Kier molecular flexibility index (Phi) is 5.08. The lowest BCUT2D eigenvalue weighted by Gasteiger charge is -2.36. The minimum atomic E-state index is -1.08. The van der Waals surface area contributed by atoms with Crippen molar-refractivity contribution in [3.05, 3.63) is 82.2 Å². The second kappa shape index (κ2) is 7.71. The van der Waals surface area contributed by atoms with Gasteiger partial charge in [0, 0.05) is 29.3 Å². The first-order valence-corrected chi connectivity index (χ1v) is 9.79. The lowest BCUT2D eigenvalue weighted by atomic mass is 9.71. The number of ether oxygens (including phenoxy) is 1. The van der Waals surface area contributed by atoms with Gasteiger partial charge in [0.1, 0.15) is 11.5 Å². The van der Waals surface area contributed by atoms with Gasteiger partial charge in [0.05, 0.1) is 12.7 Å². The molecule has 0 saturated carbocycles. The zero-order chi connectivity index (χ0) is 21.4. The molecule has 0 fully saturated rings. The number of carboxylic acids is 1. The fourth-order valence-electron chi connectivity index (χ4n) is 4.47. The number of allylic oxidation sites excluding steroid dienone is 3. The number of hydrogen-bond donors (Lipinski definition) is 3. The predicted octanol–water partition coefficient (Wildman–Crippen LogP) is 3.85. The second-order valence-electron chi connectivity index (χ2n) is 7.69. The fourth-order valence-corrected chi connectivity index (χ4v) is 4.47. The molecule has 30 heavy (non-hydrogen) atoms. The van der Waals surface area contributed by atoms with E-state index in [1.165, 1.54) is 12.1 Å². The highest BCUT2D eigenvalue weighted by Crippen LogP contribution is 2.45. The zero-order valence-corrected chi connectivity index (χ0v) is 16.8. The Morgan fingerprint density at radius 1 is 1.10 bits per heavy atom. The first-order valence-electron chi connectivity index (χ1n) is 9.79. The molecule has 1 aliphatic carbocycles. The Morgan fingerprint density at radius 2 is 1.83 bits per heavy atom. The van der Waals surface area contributed by atoms with Crippen LogP contribution in [0.15, 0.2) is 71.1 Å². The lowest BCUT2D eigenvalue weighted by molar-refractivity contribution is -0.133. The molecule has 154 valence electrons. The van der Waals surface area contributed by atoms with Crippen molar-refractivity contribution in [2.45, 2.75) is 31.6 Å². The fraction of sp³-hybridized carbons (Fsp3) is 0.250. The van der Waals surface area contributed by atoms with Gasteiger partial charge in [-0.2, -0.15) is 0 Å². The van der Waals surface area contributed by atoms with E-state index >= 15 is 0 Å². The van der Waals surface area contributed by atoms with E-state index < -0.39 is 11.9 Å². The molecule has 6 heteroatoms. The van der Waals surface area contributed by atoms with Crippen LogP contribution in [-0.4, -0.2) is 29.1 Å². The van der Waals surface area contributed by atoms with Crippen LogP contribution < -0.4 is 10.1 Å².